The fourth-order valence-corrected chi connectivity index (χ4v) is 2.09. The summed E-state index contributed by atoms with van der Waals surface area (Å²) >= 11 is 0. The highest BCUT2D eigenvalue weighted by Crippen LogP contribution is 2.02. The van der Waals surface area contributed by atoms with Gasteiger partial charge in [0.05, 0.1) is 39.3 Å². The van der Waals surface area contributed by atoms with Crippen molar-refractivity contribution in [3.05, 3.63) is 0 Å². The van der Waals surface area contributed by atoms with Crippen LogP contribution in [-0.2, 0) is 38.1 Å². The number of aliphatic hydroxyl groups is 2. The van der Waals surface area contributed by atoms with E-state index < -0.39 is 36.1 Å². The maximum atomic E-state index is 11.2. The molecule has 10 heteroatoms. The molecule has 0 amide bonds. The average Bonchev–Trinajstić information content (AvgIpc) is 2.80. The summed E-state index contributed by atoms with van der Waals surface area (Å²) in [4.78, 5) is 44.8. The minimum atomic E-state index is -1.42. The summed E-state index contributed by atoms with van der Waals surface area (Å²) in [5.74, 6) is -2.66. The molecule has 0 spiro atoms. The van der Waals surface area contributed by atoms with Gasteiger partial charge in [0.25, 0.3) is 0 Å². The molecule has 0 aliphatic carbocycles. The third-order valence-corrected chi connectivity index (χ3v) is 4.27. The van der Waals surface area contributed by atoms with Crippen molar-refractivity contribution in [3.63, 3.8) is 0 Å². The Bertz CT molecular complexity index is 502. The third-order valence-electron chi connectivity index (χ3n) is 4.27. The summed E-state index contributed by atoms with van der Waals surface area (Å²) in [6.45, 7) is 9.10. The molecule has 2 N–H and O–H groups in total. The monoisotopic (exact) mass is 492 g/mol. The van der Waals surface area contributed by atoms with Gasteiger partial charge in [-0.1, -0.05) is 53.4 Å². The lowest BCUT2D eigenvalue weighted by Crippen LogP contribution is -2.27. The summed E-state index contributed by atoms with van der Waals surface area (Å²) in [5, 5.41) is 18.7. The molecular formula is C24H44O10. The van der Waals surface area contributed by atoms with Crippen LogP contribution in [0.4, 0.5) is 0 Å². The number of hydrogen-bond acceptors (Lipinski definition) is 10. The van der Waals surface area contributed by atoms with Crippen LogP contribution in [0.25, 0.3) is 0 Å². The van der Waals surface area contributed by atoms with Crippen molar-refractivity contribution in [2.45, 2.75) is 104 Å². The fraction of sp³-hybridized carbons (Fsp3) is 0.833. The molecule has 0 saturated carbocycles. The van der Waals surface area contributed by atoms with Crippen LogP contribution in [0.5, 0.6) is 0 Å². The van der Waals surface area contributed by atoms with Crippen LogP contribution in [0.3, 0.4) is 0 Å². The lowest BCUT2D eigenvalue weighted by molar-refractivity contribution is -0.160. The number of unbranched alkanes of at least 4 members (excludes halogenated alkanes) is 4. The van der Waals surface area contributed by atoms with Crippen molar-refractivity contribution in [2.24, 2.45) is 0 Å². The number of aliphatic hydroxyl groups excluding tert-OH is 2. The van der Waals surface area contributed by atoms with Crippen LogP contribution in [-0.4, -0.2) is 72.7 Å². The Balaban J connectivity index is 0. The lowest BCUT2D eigenvalue weighted by atomic mass is 10.2. The first kappa shape index (κ1) is 34.0. The predicted molar refractivity (Wildman–Crippen MR) is 125 cm³/mol. The molecular weight excluding hydrogens is 448 g/mol. The van der Waals surface area contributed by atoms with Gasteiger partial charge in [-0.15, -0.1) is 0 Å². The standard InChI is InChI=1S/2C12H22O5/c2*1-3-5-7-16-11(14)9-10(13)12(15)17-8-6-4-2/h2*10,13H,3-9H2,1-2H3. The van der Waals surface area contributed by atoms with Gasteiger partial charge in [-0.3, -0.25) is 9.59 Å². The zero-order valence-electron chi connectivity index (χ0n) is 21.2. The van der Waals surface area contributed by atoms with E-state index in [2.05, 4.69) is 0 Å². The topological polar surface area (TPSA) is 146 Å². The van der Waals surface area contributed by atoms with Crippen molar-refractivity contribution in [1.82, 2.24) is 0 Å². The van der Waals surface area contributed by atoms with Crippen LogP contribution >= 0.6 is 0 Å². The van der Waals surface area contributed by atoms with Gasteiger partial charge < -0.3 is 29.2 Å². The summed E-state index contributed by atoms with van der Waals surface area (Å²) in [6.07, 6.45) is 3.21. The van der Waals surface area contributed by atoms with Gasteiger partial charge in [-0.05, 0) is 25.7 Å². The molecule has 200 valence electrons. The Kier molecular flexibility index (Phi) is 23.9. The molecule has 0 rings (SSSR count). The van der Waals surface area contributed by atoms with E-state index >= 15 is 0 Å². The molecule has 0 aliphatic heterocycles. The fourth-order valence-electron chi connectivity index (χ4n) is 2.09. The number of esters is 4. The molecule has 2 atom stereocenters. The predicted octanol–water partition coefficient (Wildman–Crippen LogP) is 2.85. The quantitative estimate of drug-likeness (QED) is 0.166. The molecule has 0 fully saturated rings. The van der Waals surface area contributed by atoms with E-state index in [-0.39, 0.29) is 26.1 Å². The Morgan fingerprint density at radius 2 is 0.794 bits per heavy atom. The van der Waals surface area contributed by atoms with E-state index in [9.17, 15) is 29.4 Å². The number of rotatable bonds is 18. The highest BCUT2D eigenvalue weighted by atomic mass is 16.6. The maximum Gasteiger partial charge on any atom is 0.335 e. The molecule has 0 aromatic heterocycles. The Hall–Kier alpha value is -2.20. The van der Waals surface area contributed by atoms with Crippen LogP contribution in [0.1, 0.15) is 91.9 Å². The van der Waals surface area contributed by atoms with Gasteiger partial charge in [0.2, 0.25) is 0 Å². The molecule has 0 aromatic carbocycles. The summed E-state index contributed by atoms with van der Waals surface area (Å²) in [6, 6.07) is 0. The zero-order chi connectivity index (χ0) is 26.2. The van der Waals surface area contributed by atoms with Crippen LogP contribution in [0, 0.1) is 0 Å². The molecule has 0 aromatic rings. The first-order chi connectivity index (χ1) is 16.2. The molecule has 0 bridgehead atoms. The van der Waals surface area contributed by atoms with E-state index in [0.717, 1.165) is 51.4 Å². The second kappa shape index (κ2) is 23.9. The van der Waals surface area contributed by atoms with Gasteiger partial charge in [-0.2, -0.15) is 0 Å². The Morgan fingerprint density at radius 1 is 0.529 bits per heavy atom. The molecule has 0 saturated heterocycles. The van der Waals surface area contributed by atoms with E-state index in [4.69, 9.17) is 18.9 Å². The summed E-state index contributed by atoms with van der Waals surface area (Å²) in [5.41, 5.74) is 0. The Labute approximate surface area is 203 Å². The molecule has 2 unspecified atom stereocenters. The van der Waals surface area contributed by atoms with Crippen molar-refractivity contribution in [1.29, 1.82) is 0 Å². The number of carbonyl (C=O) groups is 4. The van der Waals surface area contributed by atoms with Gasteiger partial charge >= 0.3 is 23.9 Å². The van der Waals surface area contributed by atoms with E-state index in [0.29, 0.717) is 13.2 Å². The first-order valence-electron chi connectivity index (χ1n) is 12.2. The minimum absolute atomic E-state index is 0.275. The molecule has 0 radical (unpaired) electrons. The SMILES string of the molecule is CCCCOC(=O)CC(O)C(=O)OCCCC.CCCCOC(=O)CC(O)C(=O)OCCCC. The van der Waals surface area contributed by atoms with Gasteiger partial charge in [-0.25, -0.2) is 9.59 Å². The maximum absolute atomic E-state index is 11.2. The number of carbonyl (C=O) groups excluding carboxylic acids is 4. The van der Waals surface area contributed by atoms with E-state index in [1.54, 1.807) is 0 Å². The molecule has 10 nitrogen and oxygen atoms in total. The highest BCUT2D eigenvalue weighted by Gasteiger charge is 2.22. The summed E-state index contributed by atoms with van der Waals surface area (Å²) in [7, 11) is 0. The third kappa shape index (κ3) is 21.6. The molecule has 0 heterocycles. The lowest BCUT2D eigenvalue weighted by Gasteiger charge is -2.10. The van der Waals surface area contributed by atoms with Crippen molar-refractivity contribution in [2.75, 3.05) is 26.4 Å². The molecule has 0 aliphatic rings. The number of hydrogen-bond donors (Lipinski definition) is 2. The van der Waals surface area contributed by atoms with Crippen molar-refractivity contribution >= 4 is 23.9 Å². The van der Waals surface area contributed by atoms with E-state index in [1.807, 2.05) is 27.7 Å². The summed E-state index contributed by atoms with van der Waals surface area (Å²) < 4.78 is 19.2. The van der Waals surface area contributed by atoms with Gasteiger partial charge in [0.1, 0.15) is 0 Å². The highest BCUT2D eigenvalue weighted by molar-refractivity contribution is 5.82. The second-order valence-corrected chi connectivity index (χ2v) is 7.63. The largest absolute Gasteiger partial charge is 0.466 e. The second-order valence-electron chi connectivity index (χ2n) is 7.63. The van der Waals surface area contributed by atoms with Crippen LogP contribution < -0.4 is 0 Å². The number of ether oxygens (including phenoxy) is 4. The van der Waals surface area contributed by atoms with Crippen LogP contribution in [0.15, 0.2) is 0 Å². The minimum Gasteiger partial charge on any atom is -0.466 e. The van der Waals surface area contributed by atoms with E-state index in [1.165, 1.54) is 0 Å². The van der Waals surface area contributed by atoms with Gasteiger partial charge in [0.15, 0.2) is 12.2 Å². The smallest absolute Gasteiger partial charge is 0.335 e. The van der Waals surface area contributed by atoms with Gasteiger partial charge in [0, 0.05) is 0 Å². The zero-order valence-corrected chi connectivity index (χ0v) is 21.2. The van der Waals surface area contributed by atoms with Crippen molar-refractivity contribution in [3.8, 4) is 0 Å². The van der Waals surface area contributed by atoms with Crippen LogP contribution in [0.2, 0.25) is 0 Å². The van der Waals surface area contributed by atoms with Crippen molar-refractivity contribution < 1.29 is 48.3 Å². The average molecular weight is 493 g/mol. The molecule has 34 heavy (non-hydrogen) atoms. The normalized spacial score (nSPS) is 11.9. The first-order valence-corrected chi connectivity index (χ1v) is 12.2. The Morgan fingerprint density at radius 3 is 1.06 bits per heavy atom.